The van der Waals surface area contributed by atoms with Crippen molar-refractivity contribution in [3.8, 4) is 5.75 Å². The molecule has 1 aromatic carbocycles. The van der Waals surface area contributed by atoms with Crippen LogP contribution in [0.4, 0.5) is 0 Å². The standard InChI is InChI=1S/C20H27BrN2O6/c1-20(2,3)22-17(25)11-23(4)18(26)12-29-19(27)9-7-15(24)14-10-13(21)6-8-16(14)28-5/h6,8,10H,7,9,11-12H2,1-5H3,(H,22,25). The van der Waals surface area contributed by atoms with Crippen LogP contribution in [0.5, 0.6) is 5.75 Å². The third kappa shape index (κ3) is 9.08. The first-order chi connectivity index (χ1) is 13.4. The van der Waals surface area contributed by atoms with Crippen molar-refractivity contribution in [2.24, 2.45) is 0 Å². The van der Waals surface area contributed by atoms with Crippen LogP contribution < -0.4 is 10.1 Å². The van der Waals surface area contributed by atoms with Crippen molar-refractivity contribution in [1.29, 1.82) is 0 Å². The summed E-state index contributed by atoms with van der Waals surface area (Å²) in [6, 6.07) is 5.02. The number of amides is 2. The molecule has 0 saturated heterocycles. The van der Waals surface area contributed by atoms with Crippen molar-refractivity contribution in [2.45, 2.75) is 39.2 Å². The van der Waals surface area contributed by atoms with E-state index >= 15 is 0 Å². The number of methoxy groups -OCH3 is 1. The normalized spacial score (nSPS) is 10.8. The first-order valence-corrected chi connectivity index (χ1v) is 9.79. The minimum Gasteiger partial charge on any atom is -0.496 e. The number of halogens is 1. The number of ketones is 1. The molecule has 0 aliphatic heterocycles. The Morgan fingerprint density at radius 3 is 2.38 bits per heavy atom. The zero-order chi connectivity index (χ0) is 22.2. The number of ether oxygens (including phenoxy) is 2. The third-order valence-corrected chi connectivity index (χ3v) is 4.19. The van der Waals surface area contributed by atoms with E-state index in [-0.39, 0.29) is 31.1 Å². The van der Waals surface area contributed by atoms with E-state index in [1.165, 1.54) is 19.1 Å². The SMILES string of the molecule is COc1ccc(Br)cc1C(=O)CCC(=O)OCC(=O)N(C)CC(=O)NC(C)(C)C. The molecule has 0 radical (unpaired) electrons. The van der Waals surface area contributed by atoms with Crippen LogP contribution in [0.3, 0.4) is 0 Å². The van der Waals surface area contributed by atoms with Crippen LogP contribution in [-0.4, -0.2) is 61.3 Å². The second kappa shape index (κ2) is 10.9. The molecule has 0 aliphatic carbocycles. The summed E-state index contributed by atoms with van der Waals surface area (Å²) in [4.78, 5) is 49.2. The average molecular weight is 471 g/mol. The van der Waals surface area contributed by atoms with Gasteiger partial charge in [-0.1, -0.05) is 15.9 Å². The van der Waals surface area contributed by atoms with Gasteiger partial charge in [0, 0.05) is 23.5 Å². The fourth-order valence-corrected chi connectivity index (χ4v) is 2.70. The van der Waals surface area contributed by atoms with Crippen molar-refractivity contribution in [3.05, 3.63) is 28.2 Å². The van der Waals surface area contributed by atoms with Gasteiger partial charge in [0.2, 0.25) is 5.91 Å². The van der Waals surface area contributed by atoms with Gasteiger partial charge in [-0.2, -0.15) is 0 Å². The summed E-state index contributed by atoms with van der Waals surface area (Å²) < 4.78 is 10.8. The number of likely N-dealkylation sites (N-methyl/N-ethyl adjacent to an activating group) is 1. The first-order valence-electron chi connectivity index (χ1n) is 9.00. The molecule has 0 unspecified atom stereocenters. The average Bonchev–Trinajstić information content (AvgIpc) is 2.62. The largest absolute Gasteiger partial charge is 0.496 e. The Kier molecular flexibility index (Phi) is 9.29. The van der Waals surface area contributed by atoms with Gasteiger partial charge in [0.1, 0.15) is 5.75 Å². The molecule has 0 spiro atoms. The fourth-order valence-electron chi connectivity index (χ4n) is 2.33. The zero-order valence-electron chi connectivity index (χ0n) is 17.3. The quantitative estimate of drug-likeness (QED) is 0.438. The van der Waals surface area contributed by atoms with Crippen LogP contribution in [0.1, 0.15) is 44.0 Å². The highest BCUT2D eigenvalue weighted by Crippen LogP contribution is 2.24. The van der Waals surface area contributed by atoms with E-state index in [2.05, 4.69) is 21.2 Å². The molecule has 1 rings (SSSR count). The maximum absolute atomic E-state index is 12.3. The number of rotatable bonds is 9. The molecule has 8 nitrogen and oxygen atoms in total. The smallest absolute Gasteiger partial charge is 0.306 e. The lowest BCUT2D eigenvalue weighted by Gasteiger charge is -2.23. The van der Waals surface area contributed by atoms with Crippen LogP contribution >= 0.6 is 15.9 Å². The van der Waals surface area contributed by atoms with Crippen molar-refractivity contribution < 1.29 is 28.7 Å². The van der Waals surface area contributed by atoms with Crippen molar-refractivity contribution in [2.75, 3.05) is 27.3 Å². The molecule has 160 valence electrons. The van der Waals surface area contributed by atoms with Crippen LogP contribution in [0.25, 0.3) is 0 Å². The van der Waals surface area contributed by atoms with Gasteiger partial charge in [0.05, 0.1) is 25.6 Å². The van der Waals surface area contributed by atoms with Gasteiger partial charge in [0.15, 0.2) is 12.4 Å². The Balaban J connectivity index is 2.45. The molecule has 0 saturated carbocycles. The zero-order valence-corrected chi connectivity index (χ0v) is 18.9. The summed E-state index contributed by atoms with van der Waals surface area (Å²) in [5, 5.41) is 2.74. The minimum absolute atomic E-state index is 0.0797. The Hall–Kier alpha value is -2.42. The molecule has 1 aromatic rings. The molecule has 0 atom stereocenters. The summed E-state index contributed by atoms with van der Waals surface area (Å²) in [5.74, 6) is -1.36. The number of hydrogen-bond donors (Lipinski definition) is 1. The lowest BCUT2D eigenvalue weighted by Crippen LogP contribution is -2.46. The van der Waals surface area contributed by atoms with E-state index in [9.17, 15) is 19.2 Å². The second-order valence-corrected chi connectivity index (χ2v) is 8.39. The number of nitrogens with one attached hydrogen (secondary N) is 1. The number of carbonyl (C=O) groups is 4. The Bertz CT molecular complexity index is 773. The van der Waals surface area contributed by atoms with Crippen molar-refractivity contribution in [3.63, 3.8) is 0 Å². The van der Waals surface area contributed by atoms with Gasteiger partial charge in [-0.15, -0.1) is 0 Å². The van der Waals surface area contributed by atoms with E-state index in [0.717, 1.165) is 0 Å². The fraction of sp³-hybridized carbons (Fsp3) is 0.500. The minimum atomic E-state index is -0.673. The summed E-state index contributed by atoms with van der Waals surface area (Å²) >= 11 is 3.29. The van der Waals surface area contributed by atoms with Crippen molar-refractivity contribution in [1.82, 2.24) is 10.2 Å². The molecule has 0 aromatic heterocycles. The van der Waals surface area contributed by atoms with Crippen LogP contribution in [0.2, 0.25) is 0 Å². The maximum atomic E-state index is 12.3. The summed E-state index contributed by atoms with van der Waals surface area (Å²) in [6.07, 6.45) is -0.250. The van der Waals surface area contributed by atoms with Crippen molar-refractivity contribution >= 4 is 39.5 Å². The number of benzene rings is 1. The van der Waals surface area contributed by atoms with Crippen LogP contribution in [0, 0.1) is 0 Å². The van der Waals surface area contributed by atoms with E-state index in [0.29, 0.717) is 15.8 Å². The van der Waals surface area contributed by atoms with Crippen LogP contribution in [-0.2, 0) is 19.1 Å². The molecule has 9 heteroatoms. The molecular formula is C20H27BrN2O6. The molecule has 1 N–H and O–H groups in total. The van der Waals surface area contributed by atoms with E-state index in [1.807, 2.05) is 20.8 Å². The van der Waals surface area contributed by atoms with Gasteiger partial charge < -0.3 is 19.7 Å². The predicted octanol–water partition coefficient (Wildman–Crippen LogP) is 2.34. The van der Waals surface area contributed by atoms with Gasteiger partial charge in [-0.3, -0.25) is 19.2 Å². The van der Waals surface area contributed by atoms with Gasteiger partial charge in [0.25, 0.3) is 5.91 Å². The third-order valence-electron chi connectivity index (χ3n) is 3.70. The lowest BCUT2D eigenvalue weighted by atomic mass is 10.1. The van der Waals surface area contributed by atoms with Crippen LogP contribution in [0.15, 0.2) is 22.7 Å². The summed E-state index contributed by atoms with van der Waals surface area (Å²) in [5.41, 5.74) is -0.0490. The summed E-state index contributed by atoms with van der Waals surface area (Å²) in [6.45, 7) is 4.86. The topological polar surface area (TPSA) is 102 Å². The lowest BCUT2D eigenvalue weighted by molar-refractivity contribution is -0.152. The molecule has 29 heavy (non-hydrogen) atoms. The van der Waals surface area contributed by atoms with E-state index < -0.39 is 24.0 Å². The second-order valence-electron chi connectivity index (χ2n) is 7.48. The molecule has 0 bridgehead atoms. The molecule has 0 heterocycles. The van der Waals surface area contributed by atoms with E-state index in [1.54, 1.807) is 18.2 Å². The molecular weight excluding hydrogens is 444 g/mol. The molecule has 0 aliphatic rings. The number of Topliss-reactive ketones (excluding diaryl/α,β-unsaturated/α-hetero) is 1. The number of nitrogens with zero attached hydrogens (tertiary/aromatic N) is 1. The molecule has 0 fully saturated rings. The van der Waals surface area contributed by atoms with Gasteiger partial charge in [-0.25, -0.2) is 0 Å². The Morgan fingerprint density at radius 2 is 1.79 bits per heavy atom. The number of carbonyl (C=O) groups excluding carboxylic acids is 4. The predicted molar refractivity (Wildman–Crippen MR) is 111 cm³/mol. The highest BCUT2D eigenvalue weighted by molar-refractivity contribution is 9.10. The highest BCUT2D eigenvalue weighted by atomic mass is 79.9. The van der Waals surface area contributed by atoms with Gasteiger partial charge in [-0.05, 0) is 39.0 Å². The monoisotopic (exact) mass is 470 g/mol. The Morgan fingerprint density at radius 1 is 1.14 bits per heavy atom. The van der Waals surface area contributed by atoms with E-state index in [4.69, 9.17) is 9.47 Å². The summed E-state index contributed by atoms with van der Waals surface area (Å²) in [7, 11) is 2.90. The number of hydrogen-bond acceptors (Lipinski definition) is 6. The Labute approximate surface area is 179 Å². The maximum Gasteiger partial charge on any atom is 0.306 e. The first kappa shape index (κ1) is 24.6. The number of esters is 1. The molecule has 2 amide bonds. The highest BCUT2D eigenvalue weighted by Gasteiger charge is 2.19. The van der Waals surface area contributed by atoms with Gasteiger partial charge >= 0.3 is 5.97 Å².